The number of hydrogen-bond acceptors (Lipinski definition) is 1. The quantitative estimate of drug-likeness (QED) is 0.162. The smallest absolute Gasteiger partial charge is 0.0628 e. The monoisotopic (exact) mass is 840 g/mol. The van der Waals surface area contributed by atoms with E-state index in [0.29, 0.717) is 12.0 Å². The molecule has 5 heterocycles. The van der Waals surface area contributed by atoms with Gasteiger partial charge in [-0.15, -0.1) is 0 Å². The Hall–Kier alpha value is -8.34. The van der Waals surface area contributed by atoms with Gasteiger partial charge in [-0.25, -0.2) is 0 Å². The van der Waals surface area contributed by atoms with Crippen LogP contribution in [0.5, 0.6) is 0 Å². The predicted octanol–water partition coefficient (Wildman–Crippen LogP) is 16.3. The van der Waals surface area contributed by atoms with Crippen molar-refractivity contribution in [3.05, 3.63) is 212 Å². The van der Waals surface area contributed by atoms with Crippen molar-refractivity contribution in [2.24, 2.45) is 0 Å². The summed E-state index contributed by atoms with van der Waals surface area (Å²) in [5.41, 5.74) is 15.1. The lowest BCUT2D eigenvalue weighted by molar-refractivity contribution is 0.573. The molecule has 2 atom stereocenters. The Bertz CT molecular complexity index is 4370. The number of nitrogens with zero attached hydrogens (tertiary/aromatic N) is 4. The zero-order valence-corrected chi connectivity index (χ0v) is 36.0. The van der Waals surface area contributed by atoms with E-state index in [1.807, 2.05) is 0 Å². The molecular weight excluding hydrogens is 801 g/mol. The molecular formula is C62H40N4. The minimum Gasteiger partial charge on any atom is -0.334 e. The summed E-state index contributed by atoms with van der Waals surface area (Å²) in [5, 5.41) is 15.3. The third-order valence-corrected chi connectivity index (χ3v) is 15.5. The van der Waals surface area contributed by atoms with Crippen molar-refractivity contribution >= 4 is 115 Å². The molecule has 14 aromatic rings. The fraction of sp³-hybridized carbons (Fsp3) is 0.0645. The van der Waals surface area contributed by atoms with Gasteiger partial charge >= 0.3 is 0 Å². The number of anilines is 2. The molecule has 4 heteroatoms. The average Bonchev–Trinajstić information content (AvgIpc) is 4.16. The molecule has 4 aromatic heterocycles. The molecule has 16 rings (SSSR count). The summed E-state index contributed by atoms with van der Waals surface area (Å²) in [6.45, 7) is 0. The van der Waals surface area contributed by atoms with Gasteiger partial charge in [0.15, 0.2) is 0 Å². The molecule has 0 amide bonds. The number of allylic oxidation sites excluding steroid dienone is 1. The number of para-hydroxylation sites is 5. The van der Waals surface area contributed by atoms with E-state index in [1.165, 1.54) is 138 Å². The van der Waals surface area contributed by atoms with Crippen molar-refractivity contribution in [2.45, 2.75) is 24.8 Å². The summed E-state index contributed by atoms with van der Waals surface area (Å²) in [7, 11) is 0. The molecule has 2 aliphatic rings. The normalized spacial score (nSPS) is 16.3. The van der Waals surface area contributed by atoms with Gasteiger partial charge in [0.05, 0.1) is 44.7 Å². The number of fused-ring (bicyclic) bond motifs is 18. The lowest BCUT2D eigenvalue weighted by Gasteiger charge is -2.30. The van der Waals surface area contributed by atoms with Crippen molar-refractivity contribution in [3.8, 4) is 11.4 Å². The van der Waals surface area contributed by atoms with Gasteiger partial charge in [0, 0.05) is 71.8 Å². The summed E-state index contributed by atoms with van der Waals surface area (Å²) in [4.78, 5) is 2.60. The molecule has 0 radical (unpaired) electrons. The van der Waals surface area contributed by atoms with Crippen molar-refractivity contribution in [3.63, 3.8) is 0 Å². The summed E-state index contributed by atoms with van der Waals surface area (Å²) in [6.07, 6.45) is 7.17. The maximum atomic E-state index is 2.60. The summed E-state index contributed by atoms with van der Waals surface area (Å²) in [5.74, 6) is 0.515. The fourth-order valence-corrected chi connectivity index (χ4v) is 12.8. The molecule has 0 fully saturated rings. The second kappa shape index (κ2) is 12.7. The van der Waals surface area contributed by atoms with E-state index in [0.717, 1.165) is 6.42 Å². The first-order chi connectivity index (χ1) is 32.7. The number of hydrogen-bond donors (Lipinski definition) is 0. The van der Waals surface area contributed by atoms with Crippen molar-refractivity contribution < 1.29 is 0 Å². The Balaban J connectivity index is 1.02. The molecule has 10 aromatic carbocycles. The molecule has 0 bridgehead atoms. The topological polar surface area (TPSA) is 17.5 Å². The van der Waals surface area contributed by atoms with Gasteiger partial charge < -0.3 is 18.4 Å². The highest BCUT2D eigenvalue weighted by atomic mass is 15.2. The number of rotatable bonds is 3. The van der Waals surface area contributed by atoms with E-state index >= 15 is 0 Å². The van der Waals surface area contributed by atoms with Crippen LogP contribution in [0.25, 0.3) is 115 Å². The summed E-state index contributed by atoms with van der Waals surface area (Å²) >= 11 is 0. The van der Waals surface area contributed by atoms with Crippen LogP contribution in [0.4, 0.5) is 11.4 Å². The maximum absolute atomic E-state index is 2.60. The second-order valence-corrected chi connectivity index (χ2v) is 18.8. The third-order valence-electron chi connectivity index (χ3n) is 15.5. The molecule has 66 heavy (non-hydrogen) atoms. The van der Waals surface area contributed by atoms with Crippen LogP contribution in [0.15, 0.2) is 206 Å². The SMILES string of the molecule is C1=CC2C(CC1)c1ccccc1N2c1ccc2cc3c4c5c6ccccc6n(-c6ccccc6)c5cc5c6cc7ccc(-n8c9ccccc9c9ccccc98)cc7cc6n(c3cc2c1)c54. The molecule has 0 saturated carbocycles. The predicted molar refractivity (Wildman–Crippen MR) is 278 cm³/mol. The summed E-state index contributed by atoms with van der Waals surface area (Å²) in [6, 6.07) is 73.5. The third kappa shape index (κ3) is 4.48. The Morgan fingerprint density at radius 2 is 0.985 bits per heavy atom. The summed E-state index contributed by atoms with van der Waals surface area (Å²) < 4.78 is 7.52. The van der Waals surface area contributed by atoms with Crippen LogP contribution in [0.3, 0.4) is 0 Å². The highest BCUT2D eigenvalue weighted by Crippen LogP contribution is 2.51. The Kier molecular flexibility index (Phi) is 6.74. The first-order valence-electron chi connectivity index (χ1n) is 23.4. The van der Waals surface area contributed by atoms with Crippen LogP contribution in [0.2, 0.25) is 0 Å². The van der Waals surface area contributed by atoms with Crippen molar-refractivity contribution in [1.82, 2.24) is 13.5 Å². The lowest BCUT2D eigenvalue weighted by atomic mass is 9.86. The maximum Gasteiger partial charge on any atom is 0.0628 e. The molecule has 4 nitrogen and oxygen atoms in total. The van der Waals surface area contributed by atoms with Crippen molar-refractivity contribution in [2.75, 3.05) is 4.90 Å². The molecule has 308 valence electrons. The molecule has 0 N–H and O–H groups in total. The van der Waals surface area contributed by atoms with E-state index in [2.05, 4.69) is 225 Å². The zero-order chi connectivity index (χ0) is 42.8. The van der Waals surface area contributed by atoms with Crippen LogP contribution >= 0.6 is 0 Å². The Morgan fingerprint density at radius 1 is 0.379 bits per heavy atom. The van der Waals surface area contributed by atoms with Gasteiger partial charge in [0.25, 0.3) is 0 Å². The molecule has 1 aliphatic heterocycles. The van der Waals surface area contributed by atoms with E-state index in [1.54, 1.807) is 0 Å². The van der Waals surface area contributed by atoms with Crippen LogP contribution in [-0.2, 0) is 0 Å². The van der Waals surface area contributed by atoms with Crippen LogP contribution in [0.1, 0.15) is 24.3 Å². The molecule has 0 spiro atoms. The highest BCUT2D eigenvalue weighted by molar-refractivity contribution is 6.37. The molecule has 1 aliphatic carbocycles. The van der Waals surface area contributed by atoms with E-state index in [4.69, 9.17) is 0 Å². The minimum absolute atomic E-state index is 0.330. The largest absolute Gasteiger partial charge is 0.334 e. The van der Waals surface area contributed by atoms with Gasteiger partial charge in [-0.2, -0.15) is 0 Å². The van der Waals surface area contributed by atoms with Gasteiger partial charge in [0.1, 0.15) is 0 Å². The van der Waals surface area contributed by atoms with E-state index in [-0.39, 0.29) is 0 Å². The van der Waals surface area contributed by atoms with Crippen LogP contribution in [-0.4, -0.2) is 19.6 Å². The number of aromatic nitrogens is 3. The fourth-order valence-electron chi connectivity index (χ4n) is 12.8. The molecule has 2 unspecified atom stereocenters. The van der Waals surface area contributed by atoms with Crippen LogP contribution < -0.4 is 4.90 Å². The van der Waals surface area contributed by atoms with Gasteiger partial charge in [-0.1, -0.05) is 115 Å². The molecule has 0 saturated heterocycles. The highest BCUT2D eigenvalue weighted by Gasteiger charge is 2.38. The standard InChI is InChI=1S/C62H40N4/c1-2-14-41(15-3-1)63-56-25-13-8-20-48(56)60-59(63)36-50-49-32-37-26-28-42(64-52-21-9-4-16-44(52)45-17-5-10-22-53(45)64)30-39(37)34-57(49)66-58-35-40-31-43(29-27-38(40)33-51(58)61(60)62(50)66)65-54-23-11-6-18-46(54)47-19-7-12-24-55(47)65/h1-6,8-18,20-36,47,55H,7,19H2. The van der Waals surface area contributed by atoms with Gasteiger partial charge in [-0.05, 0) is 131 Å². The first-order valence-corrected chi connectivity index (χ1v) is 23.4. The Morgan fingerprint density at radius 3 is 1.76 bits per heavy atom. The van der Waals surface area contributed by atoms with E-state index in [9.17, 15) is 0 Å². The van der Waals surface area contributed by atoms with Gasteiger partial charge in [0.2, 0.25) is 0 Å². The van der Waals surface area contributed by atoms with E-state index < -0.39 is 0 Å². The van der Waals surface area contributed by atoms with Crippen molar-refractivity contribution in [1.29, 1.82) is 0 Å². The average molecular weight is 841 g/mol. The number of benzene rings is 10. The van der Waals surface area contributed by atoms with Crippen LogP contribution in [0, 0.1) is 0 Å². The minimum atomic E-state index is 0.330. The Labute approximate surface area is 379 Å². The second-order valence-electron chi connectivity index (χ2n) is 18.8. The van der Waals surface area contributed by atoms with Gasteiger partial charge in [-0.3, -0.25) is 0 Å². The first kappa shape index (κ1) is 35.1. The zero-order valence-electron chi connectivity index (χ0n) is 36.0. The lowest BCUT2D eigenvalue weighted by Crippen LogP contribution is -2.29.